The van der Waals surface area contributed by atoms with Crippen LogP contribution in [0.25, 0.3) is 22.8 Å². The lowest BCUT2D eigenvalue weighted by molar-refractivity contribution is 0.300. The molecule has 26 heavy (non-hydrogen) atoms. The second-order valence-electron chi connectivity index (χ2n) is 7.09. The van der Waals surface area contributed by atoms with E-state index in [1.807, 2.05) is 31.2 Å². The van der Waals surface area contributed by atoms with Gasteiger partial charge in [0.05, 0.1) is 22.8 Å². The number of rotatable bonds is 3. The third-order valence-electron chi connectivity index (χ3n) is 5.42. The van der Waals surface area contributed by atoms with E-state index in [2.05, 4.69) is 47.0 Å². The highest BCUT2D eigenvalue weighted by atomic mass is 15.4. The van der Waals surface area contributed by atoms with Gasteiger partial charge in [0.2, 0.25) is 0 Å². The Balaban J connectivity index is 2.17. The molecule has 1 fully saturated rings. The molecule has 132 valence electrons. The van der Waals surface area contributed by atoms with Gasteiger partial charge in [-0.15, -0.1) is 0 Å². The van der Waals surface area contributed by atoms with E-state index in [1.165, 1.54) is 0 Å². The molecule has 3 heterocycles. The molecule has 1 saturated heterocycles. The van der Waals surface area contributed by atoms with Crippen LogP contribution in [0, 0.1) is 18.3 Å². The molecule has 0 aliphatic carbocycles. The van der Waals surface area contributed by atoms with E-state index in [0.717, 1.165) is 53.0 Å². The van der Waals surface area contributed by atoms with E-state index >= 15 is 0 Å². The number of benzene rings is 1. The van der Waals surface area contributed by atoms with E-state index < -0.39 is 0 Å². The molecule has 2 aromatic heterocycles. The maximum atomic E-state index is 9.80. The summed E-state index contributed by atoms with van der Waals surface area (Å²) in [6, 6.07) is 10.4. The Morgan fingerprint density at radius 2 is 2.12 bits per heavy atom. The number of hydrogen-bond donors (Lipinski definition) is 0. The van der Waals surface area contributed by atoms with E-state index in [-0.39, 0.29) is 0 Å². The zero-order valence-electron chi connectivity index (χ0n) is 15.5. The van der Waals surface area contributed by atoms with Crippen molar-refractivity contribution in [3.05, 3.63) is 47.5 Å². The highest BCUT2D eigenvalue weighted by molar-refractivity contribution is 5.88. The summed E-state index contributed by atoms with van der Waals surface area (Å²) >= 11 is 0. The van der Waals surface area contributed by atoms with Gasteiger partial charge in [-0.3, -0.25) is 9.30 Å². The number of imidazole rings is 1. The van der Waals surface area contributed by atoms with Crippen LogP contribution in [0.4, 0.5) is 5.82 Å². The molecule has 3 aromatic rings. The quantitative estimate of drug-likeness (QED) is 0.724. The van der Waals surface area contributed by atoms with Crippen molar-refractivity contribution < 1.29 is 0 Å². The van der Waals surface area contributed by atoms with Crippen LogP contribution >= 0.6 is 0 Å². The Bertz CT molecular complexity index is 1050. The third kappa shape index (κ3) is 2.23. The molecule has 0 N–H and O–H groups in total. The highest BCUT2D eigenvalue weighted by Gasteiger charge is 2.31. The number of anilines is 1. The number of fused-ring (bicyclic) bond motifs is 3. The van der Waals surface area contributed by atoms with Crippen LogP contribution in [0.15, 0.2) is 30.8 Å². The average molecular weight is 345 g/mol. The van der Waals surface area contributed by atoms with Crippen molar-refractivity contribution in [2.75, 3.05) is 25.5 Å². The fourth-order valence-corrected chi connectivity index (χ4v) is 4.19. The molecule has 0 spiro atoms. The van der Waals surface area contributed by atoms with Crippen molar-refractivity contribution in [2.45, 2.75) is 25.9 Å². The first kappa shape index (κ1) is 16.6. The number of nitriles is 1. The zero-order valence-corrected chi connectivity index (χ0v) is 15.5. The molecule has 0 radical (unpaired) electrons. The third-order valence-corrected chi connectivity index (χ3v) is 5.42. The Kier molecular flexibility index (Phi) is 3.93. The van der Waals surface area contributed by atoms with Crippen LogP contribution in [0.1, 0.15) is 29.5 Å². The minimum Gasteiger partial charge on any atom is -0.341 e. The minimum atomic E-state index is 0.324. The van der Waals surface area contributed by atoms with Gasteiger partial charge >= 0.3 is 0 Å². The summed E-state index contributed by atoms with van der Waals surface area (Å²) in [5.41, 5.74) is 5.26. The van der Waals surface area contributed by atoms with E-state index in [1.54, 1.807) is 0 Å². The largest absolute Gasteiger partial charge is 0.341 e. The SMILES string of the molecule is C=Cc1c(C)c(C#N)c2nc3ccccc3n2c1N1CCCC1N(C)C. The Morgan fingerprint density at radius 3 is 2.81 bits per heavy atom. The van der Waals surface area contributed by atoms with Gasteiger partial charge in [0.15, 0.2) is 5.65 Å². The number of pyridine rings is 1. The maximum Gasteiger partial charge on any atom is 0.157 e. The normalized spacial score (nSPS) is 17.3. The summed E-state index contributed by atoms with van der Waals surface area (Å²) in [5, 5.41) is 9.80. The first-order valence-electron chi connectivity index (χ1n) is 8.97. The van der Waals surface area contributed by atoms with Gasteiger partial charge in [0, 0.05) is 12.1 Å². The lowest BCUT2D eigenvalue weighted by Gasteiger charge is -2.34. The van der Waals surface area contributed by atoms with Crippen molar-refractivity contribution in [2.24, 2.45) is 0 Å². The van der Waals surface area contributed by atoms with Crippen molar-refractivity contribution in [1.82, 2.24) is 14.3 Å². The van der Waals surface area contributed by atoms with E-state index in [4.69, 9.17) is 4.98 Å². The monoisotopic (exact) mass is 345 g/mol. The Labute approximate surface area is 153 Å². The van der Waals surface area contributed by atoms with Crippen molar-refractivity contribution >= 4 is 28.6 Å². The summed E-state index contributed by atoms with van der Waals surface area (Å²) in [7, 11) is 4.24. The molecule has 1 atom stereocenters. The van der Waals surface area contributed by atoms with Gasteiger partial charge in [-0.2, -0.15) is 5.26 Å². The van der Waals surface area contributed by atoms with Crippen LogP contribution in [0.5, 0.6) is 0 Å². The minimum absolute atomic E-state index is 0.324. The number of para-hydroxylation sites is 2. The smallest absolute Gasteiger partial charge is 0.157 e. The molecular weight excluding hydrogens is 322 g/mol. The van der Waals surface area contributed by atoms with Crippen LogP contribution < -0.4 is 4.90 Å². The Morgan fingerprint density at radius 1 is 1.35 bits per heavy atom. The number of aromatic nitrogens is 2. The highest BCUT2D eigenvalue weighted by Crippen LogP contribution is 2.37. The first-order valence-corrected chi connectivity index (χ1v) is 8.97. The fourth-order valence-electron chi connectivity index (χ4n) is 4.19. The average Bonchev–Trinajstić information content (AvgIpc) is 3.25. The molecule has 1 aromatic carbocycles. The Hall–Kier alpha value is -2.84. The van der Waals surface area contributed by atoms with Gasteiger partial charge in [-0.05, 0) is 51.6 Å². The molecule has 0 amide bonds. The zero-order chi connectivity index (χ0) is 18.4. The van der Waals surface area contributed by atoms with Crippen LogP contribution in [0.3, 0.4) is 0 Å². The lowest BCUT2D eigenvalue weighted by Crippen LogP contribution is -2.41. The van der Waals surface area contributed by atoms with Gasteiger partial charge in [0.1, 0.15) is 11.9 Å². The molecule has 0 bridgehead atoms. The molecule has 0 saturated carbocycles. The van der Waals surface area contributed by atoms with Gasteiger partial charge in [-0.1, -0.05) is 24.8 Å². The van der Waals surface area contributed by atoms with Gasteiger partial charge < -0.3 is 4.90 Å². The molecule has 1 aliphatic rings. The molecule has 5 nitrogen and oxygen atoms in total. The van der Waals surface area contributed by atoms with Crippen LogP contribution in [-0.2, 0) is 0 Å². The van der Waals surface area contributed by atoms with Crippen LogP contribution in [0.2, 0.25) is 0 Å². The van der Waals surface area contributed by atoms with E-state index in [9.17, 15) is 5.26 Å². The summed E-state index contributed by atoms with van der Waals surface area (Å²) in [5.74, 6) is 1.09. The van der Waals surface area contributed by atoms with Crippen LogP contribution in [-0.4, -0.2) is 41.1 Å². The number of hydrogen-bond acceptors (Lipinski definition) is 4. The van der Waals surface area contributed by atoms with Crippen molar-refractivity contribution in [3.8, 4) is 6.07 Å². The molecular formula is C21H23N5. The predicted octanol–water partition coefficient (Wildman–Crippen LogP) is 3.80. The van der Waals surface area contributed by atoms with E-state index in [0.29, 0.717) is 11.7 Å². The summed E-state index contributed by atoms with van der Waals surface area (Å²) in [4.78, 5) is 9.49. The molecule has 1 unspecified atom stereocenters. The fraction of sp³-hybridized carbons (Fsp3) is 0.333. The molecule has 5 heteroatoms. The van der Waals surface area contributed by atoms with Gasteiger partial charge in [-0.25, -0.2) is 4.98 Å². The number of nitrogens with zero attached hydrogens (tertiary/aromatic N) is 5. The summed E-state index contributed by atoms with van der Waals surface area (Å²) < 4.78 is 2.15. The van der Waals surface area contributed by atoms with Crippen molar-refractivity contribution in [3.63, 3.8) is 0 Å². The second kappa shape index (κ2) is 6.15. The lowest BCUT2D eigenvalue weighted by atomic mass is 10.0. The standard InChI is InChI=1S/C21H23N5/c1-5-15-14(2)16(13-22)20-23-17-9-6-7-10-18(17)26(20)21(15)25-12-8-11-19(25)24(3)4/h5-7,9-10,19H,1,8,11-12H2,2-4H3. The summed E-state index contributed by atoms with van der Waals surface area (Å²) in [6.45, 7) is 7.04. The summed E-state index contributed by atoms with van der Waals surface area (Å²) in [6.07, 6.45) is 4.47. The first-order chi connectivity index (χ1) is 12.6. The topological polar surface area (TPSA) is 47.6 Å². The second-order valence-corrected chi connectivity index (χ2v) is 7.09. The molecule has 4 rings (SSSR count). The predicted molar refractivity (Wildman–Crippen MR) is 106 cm³/mol. The van der Waals surface area contributed by atoms with Crippen molar-refractivity contribution in [1.29, 1.82) is 5.26 Å². The maximum absolute atomic E-state index is 9.80. The van der Waals surface area contributed by atoms with Gasteiger partial charge in [0.25, 0.3) is 0 Å². The molecule has 1 aliphatic heterocycles.